The van der Waals surface area contributed by atoms with Crippen molar-refractivity contribution in [2.45, 2.75) is 44.8 Å². The zero-order valence-electron chi connectivity index (χ0n) is 14.0. The molecule has 2 unspecified atom stereocenters. The van der Waals surface area contributed by atoms with E-state index in [2.05, 4.69) is 0 Å². The van der Waals surface area contributed by atoms with Gasteiger partial charge in [-0.25, -0.2) is 4.79 Å². The number of piperidine rings is 1. The van der Waals surface area contributed by atoms with E-state index in [9.17, 15) is 14.7 Å². The van der Waals surface area contributed by atoms with Gasteiger partial charge in [-0.15, -0.1) is 0 Å². The molecule has 0 spiro atoms. The first-order valence-corrected chi connectivity index (χ1v) is 8.53. The third kappa shape index (κ3) is 3.36. The Bertz CT molecular complexity index is 652. The molecule has 2 aliphatic rings. The van der Waals surface area contributed by atoms with E-state index in [-0.39, 0.29) is 12.0 Å². The fourth-order valence-electron chi connectivity index (χ4n) is 3.60. The maximum Gasteiger partial charge on any atom is 0.410 e. The lowest BCUT2D eigenvalue weighted by atomic mass is 9.88. The number of benzene rings is 1. The van der Waals surface area contributed by atoms with Crippen LogP contribution in [0.4, 0.5) is 4.79 Å². The summed E-state index contributed by atoms with van der Waals surface area (Å²) in [6.07, 6.45) is 0.543. The molecule has 3 rings (SSSR count). The van der Waals surface area contributed by atoms with Crippen molar-refractivity contribution >= 4 is 23.7 Å². The normalized spacial score (nSPS) is 26.7. The van der Waals surface area contributed by atoms with Gasteiger partial charge in [0.2, 0.25) is 0 Å². The van der Waals surface area contributed by atoms with Gasteiger partial charge in [0.25, 0.3) is 0 Å². The molecule has 1 heterocycles. The number of likely N-dealkylation sites (tertiary alicyclic amines) is 1. The lowest BCUT2D eigenvalue weighted by Gasteiger charge is -2.33. The monoisotopic (exact) mass is 351 g/mol. The van der Waals surface area contributed by atoms with Crippen molar-refractivity contribution in [3.05, 3.63) is 34.9 Å². The quantitative estimate of drug-likeness (QED) is 0.900. The number of hydrogen-bond acceptors (Lipinski definition) is 3. The minimum absolute atomic E-state index is 0.231. The second-order valence-electron chi connectivity index (χ2n) is 7.65. The van der Waals surface area contributed by atoms with Gasteiger partial charge in [-0.3, -0.25) is 4.79 Å². The van der Waals surface area contributed by atoms with Crippen LogP contribution in [0, 0.1) is 11.8 Å². The Morgan fingerprint density at radius 2 is 1.92 bits per heavy atom. The lowest BCUT2D eigenvalue weighted by molar-refractivity contribution is -0.140. The Morgan fingerprint density at radius 1 is 1.29 bits per heavy atom. The molecule has 1 saturated heterocycles. The summed E-state index contributed by atoms with van der Waals surface area (Å²) < 4.78 is 5.48. The molecule has 6 heteroatoms. The highest BCUT2D eigenvalue weighted by Crippen LogP contribution is 2.53. The van der Waals surface area contributed by atoms with E-state index >= 15 is 0 Å². The highest BCUT2D eigenvalue weighted by atomic mass is 35.5. The first-order valence-electron chi connectivity index (χ1n) is 8.15. The predicted molar refractivity (Wildman–Crippen MR) is 90.2 cm³/mol. The molecule has 2 fully saturated rings. The van der Waals surface area contributed by atoms with E-state index in [0.717, 1.165) is 6.42 Å². The molecule has 1 aromatic rings. The number of aliphatic carboxylic acids is 1. The van der Waals surface area contributed by atoms with Crippen LogP contribution in [-0.2, 0) is 9.53 Å². The van der Waals surface area contributed by atoms with Gasteiger partial charge >= 0.3 is 12.1 Å². The summed E-state index contributed by atoms with van der Waals surface area (Å²) >= 11 is 5.91. The smallest absolute Gasteiger partial charge is 0.410 e. The van der Waals surface area contributed by atoms with E-state index in [1.54, 1.807) is 29.2 Å². The Hall–Kier alpha value is -1.75. The molecule has 4 atom stereocenters. The third-order valence-corrected chi connectivity index (χ3v) is 4.92. The number of rotatable bonds is 3. The topological polar surface area (TPSA) is 66.8 Å². The molecular weight excluding hydrogens is 330 g/mol. The van der Waals surface area contributed by atoms with Crippen molar-refractivity contribution in [2.75, 3.05) is 6.54 Å². The van der Waals surface area contributed by atoms with Crippen molar-refractivity contribution in [3.63, 3.8) is 0 Å². The van der Waals surface area contributed by atoms with Crippen LogP contribution in [0.3, 0.4) is 0 Å². The van der Waals surface area contributed by atoms with Crippen molar-refractivity contribution in [1.29, 1.82) is 0 Å². The minimum Gasteiger partial charge on any atom is -0.481 e. The zero-order valence-corrected chi connectivity index (χ0v) is 14.8. The number of amides is 1. The number of fused-ring (bicyclic) bond motifs is 1. The van der Waals surface area contributed by atoms with Gasteiger partial charge in [-0.1, -0.05) is 23.7 Å². The van der Waals surface area contributed by atoms with Gasteiger partial charge in [-0.2, -0.15) is 0 Å². The molecule has 1 N–H and O–H groups in total. The number of nitrogens with zero attached hydrogens (tertiary/aromatic N) is 1. The fourth-order valence-corrected chi connectivity index (χ4v) is 3.73. The average Bonchev–Trinajstić information content (AvgIpc) is 3.13. The molecule has 0 aromatic heterocycles. The number of carbonyl (C=O) groups is 2. The molecule has 1 aliphatic carbocycles. The first kappa shape index (κ1) is 17.1. The maximum absolute atomic E-state index is 12.5. The summed E-state index contributed by atoms with van der Waals surface area (Å²) in [5, 5.41) is 10.4. The summed E-state index contributed by atoms with van der Waals surface area (Å²) in [6.45, 7) is 6.00. The Balaban J connectivity index is 1.89. The van der Waals surface area contributed by atoms with E-state index in [4.69, 9.17) is 16.3 Å². The van der Waals surface area contributed by atoms with Crippen LogP contribution in [0.5, 0.6) is 0 Å². The standard InChI is InChI=1S/C18H22ClNO4/c1-18(2,3)24-17(23)20-9-11-8-13(11)15(20)14(16(21)22)10-4-6-12(19)7-5-10/h4-7,11,13-15H,8-9H2,1-3H3,(H,21,22)/t11?,13?,14-,15-/m0/s1. The molecule has 1 aromatic carbocycles. The first-order chi connectivity index (χ1) is 11.2. The molecule has 5 nitrogen and oxygen atoms in total. The van der Waals surface area contributed by atoms with E-state index in [0.29, 0.717) is 23.0 Å². The van der Waals surface area contributed by atoms with Gasteiger partial charge in [0.1, 0.15) is 11.5 Å². The summed E-state index contributed by atoms with van der Waals surface area (Å²) in [5.74, 6) is -1.08. The SMILES string of the molecule is CC(C)(C)OC(=O)N1CC2CC2[C@H]1[C@@H](C(=O)O)c1ccc(Cl)cc1. The van der Waals surface area contributed by atoms with Gasteiger partial charge < -0.3 is 14.7 Å². The molecule has 0 bridgehead atoms. The second-order valence-corrected chi connectivity index (χ2v) is 8.09. The Kier molecular flexibility index (Phi) is 4.24. The van der Waals surface area contributed by atoms with Crippen LogP contribution in [-0.4, -0.2) is 40.3 Å². The molecular formula is C18H22ClNO4. The van der Waals surface area contributed by atoms with Crippen molar-refractivity contribution in [3.8, 4) is 0 Å². The summed E-state index contributed by atoms with van der Waals surface area (Å²) in [5.41, 5.74) is 0.0611. The molecule has 0 radical (unpaired) electrons. The van der Waals surface area contributed by atoms with Crippen LogP contribution in [0.15, 0.2) is 24.3 Å². The van der Waals surface area contributed by atoms with Gasteiger partial charge in [0.05, 0.1) is 6.04 Å². The summed E-state index contributed by atoms with van der Waals surface area (Å²) in [6, 6.07) is 6.45. The van der Waals surface area contributed by atoms with Gasteiger partial charge in [0, 0.05) is 11.6 Å². The Labute approximate surface area is 146 Å². The highest BCUT2D eigenvalue weighted by Gasteiger charge is 2.58. The van der Waals surface area contributed by atoms with Crippen LogP contribution in [0.2, 0.25) is 5.02 Å². The Morgan fingerprint density at radius 3 is 2.46 bits per heavy atom. The average molecular weight is 352 g/mol. The summed E-state index contributed by atoms with van der Waals surface area (Å²) in [7, 11) is 0. The van der Waals surface area contributed by atoms with Crippen LogP contribution in [0.25, 0.3) is 0 Å². The predicted octanol–water partition coefficient (Wildman–Crippen LogP) is 3.76. The van der Waals surface area contributed by atoms with Crippen molar-refractivity contribution in [2.24, 2.45) is 11.8 Å². The van der Waals surface area contributed by atoms with Crippen molar-refractivity contribution in [1.82, 2.24) is 4.90 Å². The number of carboxylic acids is 1. The number of carbonyl (C=O) groups excluding carboxylic acids is 1. The van der Waals surface area contributed by atoms with E-state index in [1.807, 2.05) is 20.8 Å². The van der Waals surface area contributed by atoms with Gasteiger partial charge in [0.15, 0.2) is 0 Å². The number of halogens is 1. The largest absolute Gasteiger partial charge is 0.481 e. The molecule has 1 saturated carbocycles. The molecule has 130 valence electrons. The third-order valence-electron chi connectivity index (χ3n) is 4.67. The van der Waals surface area contributed by atoms with Crippen LogP contribution < -0.4 is 0 Å². The molecule has 1 amide bonds. The van der Waals surface area contributed by atoms with Gasteiger partial charge in [-0.05, 0) is 56.7 Å². The van der Waals surface area contributed by atoms with E-state index in [1.165, 1.54) is 0 Å². The maximum atomic E-state index is 12.5. The van der Waals surface area contributed by atoms with Crippen molar-refractivity contribution < 1.29 is 19.4 Å². The molecule has 1 aliphatic heterocycles. The van der Waals surface area contributed by atoms with Crippen LogP contribution >= 0.6 is 11.6 Å². The highest BCUT2D eigenvalue weighted by molar-refractivity contribution is 6.30. The zero-order chi connectivity index (χ0) is 17.6. The van der Waals surface area contributed by atoms with Crippen LogP contribution in [0.1, 0.15) is 38.7 Å². The fraction of sp³-hybridized carbons (Fsp3) is 0.556. The summed E-state index contributed by atoms with van der Waals surface area (Å²) in [4.78, 5) is 26.1. The minimum atomic E-state index is -0.927. The number of hydrogen-bond donors (Lipinski definition) is 1. The number of carboxylic acid groups (broad SMARTS) is 1. The lowest BCUT2D eigenvalue weighted by Crippen LogP contribution is -2.46. The number of ether oxygens (including phenoxy) is 1. The second kappa shape index (κ2) is 5.96. The van der Waals surface area contributed by atoms with E-state index < -0.39 is 23.6 Å². The molecule has 24 heavy (non-hydrogen) atoms.